The summed E-state index contributed by atoms with van der Waals surface area (Å²) >= 11 is 0. The lowest BCUT2D eigenvalue weighted by Gasteiger charge is -2.12. The van der Waals surface area contributed by atoms with E-state index in [9.17, 15) is 14.4 Å². The maximum absolute atomic E-state index is 12.8. The second kappa shape index (κ2) is 20.4. The number of esters is 3. The highest BCUT2D eigenvalue weighted by Gasteiger charge is 2.15. The molecule has 3 aromatic rings. The fourth-order valence-corrected chi connectivity index (χ4v) is 4.71. The van der Waals surface area contributed by atoms with Crippen LogP contribution in [0.3, 0.4) is 0 Å². The van der Waals surface area contributed by atoms with E-state index in [0.717, 1.165) is 18.9 Å². The van der Waals surface area contributed by atoms with Gasteiger partial charge >= 0.3 is 17.9 Å². The van der Waals surface area contributed by atoms with Crippen molar-refractivity contribution in [3.63, 3.8) is 0 Å². The van der Waals surface area contributed by atoms with Crippen LogP contribution in [0.4, 0.5) is 0 Å². The summed E-state index contributed by atoms with van der Waals surface area (Å²) in [5, 5.41) is 0. The summed E-state index contributed by atoms with van der Waals surface area (Å²) in [6.07, 6.45) is 13.7. The van der Waals surface area contributed by atoms with Gasteiger partial charge < -0.3 is 23.7 Å². The van der Waals surface area contributed by atoms with E-state index in [1.165, 1.54) is 63.7 Å². The number of benzene rings is 3. The summed E-state index contributed by atoms with van der Waals surface area (Å²) in [5.74, 6) is 0.0842. The number of aryl methyl sites for hydroxylation is 1. The van der Waals surface area contributed by atoms with Crippen LogP contribution in [0.15, 0.2) is 79.4 Å². The monoisotopic (exact) mass is 630 g/mol. The van der Waals surface area contributed by atoms with Gasteiger partial charge in [0.05, 0.1) is 31.5 Å². The second-order valence-electron chi connectivity index (χ2n) is 11.0. The zero-order valence-electron chi connectivity index (χ0n) is 27.1. The van der Waals surface area contributed by atoms with Crippen molar-refractivity contribution in [1.82, 2.24) is 0 Å². The minimum atomic E-state index is -0.587. The van der Waals surface area contributed by atoms with Crippen LogP contribution in [0.2, 0.25) is 0 Å². The molecule has 0 heterocycles. The lowest BCUT2D eigenvalue weighted by Crippen LogP contribution is -2.11. The maximum atomic E-state index is 12.8. The Bertz CT molecular complexity index is 1380. The highest BCUT2D eigenvalue weighted by Crippen LogP contribution is 2.29. The smallest absolute Gasteiger partial charge is 0.343 e. The Morgan fingerprint density at radius 1 is 0.652 bits per heavy atom. The van der Waals surface area contributed by atoms with Crippen molar-refractivity contribution in [2.24, 2.45) is 0 Å². The topological polar surface area (TPSA) is 97.4 Å². The molecule has 8 heteroatoms. The van der Waals surface area contributed by atoms with Gasteiger partial charge in [0.25, 0.3) is 0 Å². The van der Waals surface area contributed by atoms with Crippen molar-refractivity contribution in [2.45, 2.75) is 77.6 Å². The predicted molar refractivity (Wildman–Crippen MR) is 178 cm³/mol. The fourth-order valence-electron chi connectivity index (χ4n) is 4.71. The van der Waals surface area contributed by atoms with E-state index >= 15 is 0 Å². The molecule has 0 bridgehead atoms. The summed E-state index contributed by atoms with van der Waals surface area (Å²) < 4.78 is 27.1. The Balaban J connectivity index is 1.42. The number of carbonyl (C=O) groups excluding carboxylic acids is 3. The van der Waals surface area contributed by atoms with Gasteiger partial charge in [0.1, 0.15) is 11.5 Å². The standard InChI is InChI=1S/C38H46O8/c1-4-6-7-8-9-10-11-12-15-29-16-21-32(22-17-29)45-37(40)30-18-23-33(24-19-30)46-38(41)31-20-25-34(35(28-31)42-3)43-26-13-14-27-44-36(39)5-2/h5,16-25,28H,2,4,6-15,26-27H2,1,3H3. The van der Waals surface area contributed by atoms with Crippen molar-refractivity contribution in [3.8, 4) is 23.0 Å². The highest BCUT2D eigenvalue weighted by atomic mass is 16.5. The lowest BCUT2D eigenvalue weighted by molar-refractivity contribution is -0.137. The molecule has 3 rings (SSSR count). The molecule has 0 atom stereocenters. The number of hydrogen-bond donors (Lipinski definition) is 0. The normalized spacial score (nSPS) is 10.6. The fraction of sp³-hybridized carbons (Fsp3) is 0.395. The Morgan fingerprint density at radius 2 is 1.22 bits per heavy atom. The van der Waals surface area contributed by atoms with Gasteiger partial charge in [-0.3, -0.25) is 0 Å². The third-order valence-electron chi connectivity index (χ3n) is 7.36. The molecule has 0 radical (unpaired) electrons. The van der Waals surface area contributed by atoms with Crippen LogP contribution in [0.5, 0.6) is 23.0 Å². The van der Waals surface area contributed by atoms with Gasteiger partial charge in [0.2, 0.25) is 0 Å². The number of carbonyl (C=O) groups is 3. The van der Waals surface area contributed by atoms with Gasteiger partial charge in [-0.25, -0.2) is 14.4 Å². The Morgan fingerprint density at radius 3 is 1.85 bits per heavy atom. The quantitative estimate of drug-likeness (QED) is 0.0499. The van der Waals surface area contributed by atoms with Gasteiger partial charge in [0.15, 0.2) is 11.5 Å². The number of ether oxygens (including phenoxy) is 5. The van der Waals surface area contributed by atoms with E-state index in [2.05, 4.69) is 13.5 Å². The molecule has 0 N–H and O–H groups in total. The van der Waals surface area contributed by atoms with Crippen molar-refractivity contribution >= 4 is 17.9 Å². The van der Waals surface area contributed by atoms with Gasteiger partial charge in [-0.1, -0.05) is 70.6 Å². The first-order valence-corrected chi connectivity index (χ1v) is 16.2. The van der Waals surface area contributed by atoms with Gasteiger partial charge in [-0.15, -0.1) is 0 Å². The Labute approximate surface area is 272 Å². The van der Waals surface area contributed by atoms with Gasteiger partial charge in [-0.2, -0.15) is 0 Å². The van der Waals surface area contributed by atoms with E-state index < -0.39 is 17.9 Å². The van der Waals surface area contributed by atoms with Crippen LogP contribution in [0.1, 0.15) is 97.4 Å². The van der Waals surface area contributed by atoms with E-state index in [1.807, 2.05) is 24.3 Å². The lowest BCUT2D eigenvalue weighted by atomic mass is 10.0. The molecule has 3 aromatic carbocycles. The number of hydrogen-bond acceptors (Lipinski definition) is 8. The molecule has 46 heavy (non-hydrogen) atoms. The molecule has 0 aliphatic heterocycles. The summed E-state index contributed by atoms with van der Waals surface area (Å²) in [7, 11) is 1.48. The van der Waals surface area contributed by atoms with Crippen LogP contribution in [-0.4, -0.2) is 38.2 Å². The average molecular weight is 631 g/mol. The number of rotatable bonds is 21. The van der Waals surface area contributed by atoms with Crippen LogP contribution in [0, 0.1) is 0 Å². The molecule has 0 aromatic heterocycles. The van der Waals surface area contributed by atoms with E-state index in [0.29, 0.717) is 42.3 Å². The summed E-state index contributed by atoms with van der Waals surface area (Å²) in [5.41, 5.74) is 1.84. The first kappa shape index (κ1) is 35.9. The van der Waals surface area contributed by atoms with E-state index in [1.54, 1.807) is 36.4 Å². The Kier molecular flexibility index (Phi) is 15.9. The molecule has 246 valence electrons. The maximum Gasteiger partial charge on any atom is 0.343 e. The van der Waals surface area contributed by atoms with Crippen molar-refractivity contribution in [2.75, 3.05) is 20.3 Å². The molecular weight excluding hydrogens is 584 g/mol. The summed E-state index contributed by atoms with van der Waals surface area (Å²) in [6.45, 7) is 6.26. The SMILES string of the molecule is C=CC(=O)OCCCCOc1ccc(C(=O)Oc2ccc(C(=O)Oc3ccc(CCCCCCCCCC)cc3)cc2)cc1OC. The molecule has 0 saturated heterocycles. The van der Waals surface area contributed by atoms with Crippen molar-refractivity contribution in [3.05, 3.63) is 96.1 Å². The average Bonchev–Trinajstić information content (AvgIpc) is 3.08. The Hall–Kier alpha value is -4.59. The third kappa shape index (κ3) is 12.8. The first-order valence-electron chi connectivity index (χ1n) is 16.2. The number of methoxy groups -OCH3 is 1. The zero-order chi connectivity index (χ0) is 33.0. The predicted octanol–water partition coefficient (Wildman–Crippen LogP) is 8.71. The van der Waals surface area contributed by atoms with Gasteiger partial charge in [-0.05, 0) is 85.8 Å². The van der Waals surface area contributed by atoms with Crippen LogP contribution >= 0.6 is 0 Å². The molecule has 0 unspecified atom stereocenters. The van der Waals surface area contributed by atoms with Crippen LogP contribution < -0.4 is 18.9 Å². The van der Waals surface area contributed by atoms with Gasteiger partial charge in [0, 0.05) is 6.08 Å². The third-order valence-corrected chi connectivity index (χ3v) is 7.36. The summed E-state index contributed by atoms with van der Waals surface area (Å²) in [6, 6.07) is 18.6. The molecule has 8 nitrogen and oxygen atoms in total. The molecule has 0 saturated carbocycles. The van der Waals surface area contributed by atoms with Crippen molar-refractivity contribution < 1.29 is 38.1 Å². The zero-order valence-corrected chi connectivity index (χ0v) is 27.1. The minimum Gasteiger partial charge on any atom is -0.493 e. The molecular formula is C38H46O8. The highest BCUT2D eigenvalue weighted by molar-refractivity contribution is 5.93. The summed E-state index contributed by atoms with van der Waals surface area (Å²) in [4.78, 5) is 36.5. The number of unbranched alkanes of at least 4 members (excludes halogenated alkanes) is 8. The molecule has 0 spiro atoms. The molecule has 0 amide bonds. The van der Waals surface area contributed by atoms with Crippen LogP contribution in [0.25, 0.3) is 0 Å². The first-order chi connectivity index (χ1) is 22.4. The molecule has 0 fully saturated rings. The van der Waals surface area contributed by atoms with E-state index in [-0.39, 0.29) is 17.9 Å². The molecule has 0 aliphatic rings. The largest absolute Gasteiger partial charge is 0.493 e. The molecule has 0 aliphatic carbocycles. The second-order valence-corrected chi connectivity index (χ2v) is 11.0. The van der Waals surface area contributed by atoms with Crippen molar-refractivity contribution in [1.29, 1.82) is 0 Å². The van der Waals surface area contributed by atoms with Crippen LogP contribution in [-0.2, 0) is 16.0 Å². The van der Waals surface area contributed by atoms with E-state index in [4.69, 9.17) is 23.7 Å². The minimum absolute atomic E-state index is 0.273.